The molecule has 25 heavy (non-hydrogen) atoms. The highest BCUT2D eigenvalue weighted by Crippen LogP contribution is 2.37. The largest absolute Gasteiger partial charge is 0.351 e. The molecule has 0 radical (unpaired) electrons. The molecule has 6 heteroatoms. The maximum Gasteiger partial charge on any atom is 0.226 e. The zero-order chi connectivity index (χ0) is 17.2. The molecule has 1 saturated heterocycles. The number of carbonyl (C=O) groups is 1. The Labute approximate surface area is 148 Å². The van der Waals surface area contributed by atoms with Crippen LogP contribution in [0.5, 0.6) is 0 Å². The lowest BCUT2D eigenvalue weighted by Crippen LogP contribution is -2.37. The van der Waals surface area contributed by atoms with Crippen molar-refractivity contribution in [3.63, 3.8) is 0 Å². The number of aromatic nitrogens is 3. The maximum atomic E-state index is 13.1. The minimum absolute atomic E-state index is 0.00118. The first-order chi connectivity index (χ1) is 12.3. The molecule has 1 saturated carbocycles. The van der Waals surface area contributed by atoms with Crippen LogP contribution < -0.4 is 0 Å². The van der Waals surface area contributed by atoms with Crippen molar-refractivity contribution in [1.82, 2.24) is 19.6 Å². The summed E-state index contributed by atoms with van der Waals surface area (Å²) >= 11 is 0. The van der Waals surface area contributed by atoms with Crippen molar-refractivity contribution in [2.24, 2.45) is 5.92 Å². The molecule has 1 atom stereocenters. The first-order valence-corrected chi connectivity index (χ1v) is 9.51. The van der Waals surface area contributed by atoms with Crippen LogP contribution in [0.1, 0.15) is 69.2 Å². The Bertz CT molecular complexity index is 701. The van der Waals surface area contributed by atoms with Gasteiger partial charge in [0.25, 0.3) is 0 Å². The molecule has 3 heterocycles. The lowest BCUT2D eigenvalue weighted by atomic mass is 9.85. The molecule has 2 aromatic heterocycles. The van der Waals surface area contributed by atoms with Crippen molar-refractivity contribution in [1.29, 1.82) is 0 Å². The summed E-state index contributed by atoms with van der Waals surface area (Å²) in [6.07, 6.45) is 11.0. The van der Waals surface area contributed by atoms with E-state index in [1.54, 1.807) is 0 Å². The highest BCUT2D eigenvalue weighted by Gasteiger charge is 2.37. The van der Waals surface area contributed by atoms with Crippen LogP contribution in [0.2, 0.25) is 0 Å². The van der Waals surface area contributed by atoms with Crippen LogP contribution in [-0.2, 0) is 11.2 Å². The van der Waals surface area contributed by atoms with Gasteiger partial charge >= 0.3 is 0 Å². The molecule has 0 aromatic carbocycles. The summed E-state index contributed by atoms with van der Waals surface area (Å²) in [5, 5.41) is 4.11. The molecule has 134 valence electrons. The molecule has 0 spiro atoms. The SMILES string of the molecule is CCc1nc(C2CCCN2C(=O)C2CCC(n3cccc3)CC2)no1. The molecule has 2 aliphatic rings. The van der Waals surface area contributed by atoms with Gasteiger partial charge in [-0.1, -0.05) is 12.1 Å². The number of hydrogen-bond donors (Lipinski definition) is 0. The molecular weight excluding hydrogens is 316 g/mol. The van der Waals surface area contributed by atoms with Gasteiger partial charge in [0.05, 0.1) is 6.04 Å². The van der Waals surface area contributed by atoms with E-state index in [0.29, 0.717) is 17.8 Å². The zero-order valence-electron chi connectivity index (χ0n) is 14.8. The van der Waals surface area contributed by atoms with Crippen LogP contribution in [0.4, 0.5) is 0 Å². The van der Waals surface area contributed by atoms with Crippen molar-refractivity contribution < 1.29 is 9.32 Å². The smallest absolute Gasteiger partial charge is 0.226 e. The standard InChI is InChI=1S/C19H26N4O2/c1-2-17-20-18(21-25-17)16-6-5-13-23(16)19(24)14-7-9-15(10-8-14)22-11-3-4-12-22/h3-4,11-12,14-16H,2,5-10,13H2,1H3. The number of likely N-dealkylation sites (tertiary alicyclic amines) is 1. The third kappa shape index (κ3) is 3.22. The fraction of sp³-hybridized carbons (Fsp3) is 0.632. The molecular formula is C19H26N4O2. The van der Waals surface area contributed by atoms with Crippen LogP contribution in [0.15, 0.2) is 29.0 Å². The fourth-order valence-electron chi connectivity index (χ4n) is 4.29. The zero-order valence-corrected chi connectivity index (χ0v) is 14.8. The van der Waals surface area contributed by atoms with Gasteiger partial charge in [0.15, 0.2) is 5.82 Å². The molecule has 1 aliphatic heterocycles. The summed E-state index contributed by atoms with van der Waals surface area (Å²) in [5.41, 5.74) is 0. The van der Waals surface area contributed by atoms with E-state index in [0.717, 1.165) is 51.5 Å². The van der Waals surface area contributed by atoms with Gasteiger partial charge in [0.2, 0.25) is 11.8 Å². The van der Waals surface area contributed by atoms with Crippen LogP contribution in [0.25, 0.3) is 0 Å². The molecule has 4 rings (SSSR count). The summed E-state index contributed by atoms with van der Waals surface area (Å²) in [6.45, 7) is 2.81. The number of carbonyl (C=O) groups excluding carboxylic acids is 1. The van der Waals surface area contributed by atoms with Gasteiger partial charge in [-0.25, -0.2) is 0 Å². The van der Waals surface area contributed by atoms with Crippen molar-refractivity contribution >= 4 is 5.91 Å². The van der Waals surface area contributed by atoms with Crippen molar-refractivity contribution in [3.05, 3.63) is 36.2 Å². The van der Waals surface area contributed by atoms with E-state index < -0.39 is 0 Å². The summed E-state index contributed by atoms with van der Waals surface area (Å²) in [7, 11) is 0. The van der Waals surface area contributed by atoms with Gasteiger partial charge in [-0.05, 0) is 50.7 Å². The lowest BCUT2D eigenvalue weighted by molar-refractivity contribution is -0.138. The Balaban J connectivity index is 1.40. The van der Waals surface area contributed by atoms with Gasteiger partial charge in [-0.2, -0.15) is 4.98 Å². The fourth-order valence-corrected chi connectivity index (χ4v) is 4.29. The van der Waals surface area contributed by atoms with Gasteiger partial charge in [0.1, 0.15) is 0 Å². The second-order valence-electron chi connectivity index (χ2n) is 7.23. The predicted octanol–water partition coefficient (Wildman–Crippen LogP) is 3.53. The Morgan fingerprint density at radius 3 is 2.64 bits per heavy atom. The quantitative estimate of drug-likeness (QED) is 0.853. The van der Waals surface area contributed by atoms with Gasteiger partial charge in [0, 0.05) is 37.3 Å². The second kappa shape index (κ2) is 7.02. The summed E-state index contributed by atoms with van der Waals surface area (Å²) in [6, 6.07) is 4.68. The normalized spacial score (nSPS) is 26.9. The van der Waals surface area contributed by atoms with Crippen molar-refractivity contribution in [3.8, 4) is 0 Å². The topological polar surface area (TPSA) is 64.2 Å². The minimum atomic E-state index is -0.00118. The van der Waals surface area contributed by atoms with Crippen LogP contribution in [0, 0.1) is 5.92 Å². The van der Waals surface area contributed by atoms with E-state index in [2.05, 4.69) is 39.2 Å². The monoisotopic (exact) mass is 342 g/mol. The predicted molar refractivity (Wildman–Crippen MR) is 92.8 cm³/mol. The summed E-state index contributed by atoms with van der Waals surface area (Å²) < 4.78 is 7.54. The van der Waals surface area contributed by atoms with Crippen molar-refractivity contribution in [2.45, 2.75) is 64.0 Å². The minimum Gasteiger partial charge on any atom is -0.351 e. The second-order valence-corrected chi connectivity index (χ2v) is 7.23. The average Bonchev–Trinajstić information content (AvgIpc) is 3.42. The molecule has 0 bridgehead atoms. The van der Waals surface area contributed by atoms with Gasteiger partial charge < -0.3 is 14.0 Å². The number of nitrogens with zero attached hydrogens (tertiary/aromatic N) is 4. The van der Waals surface area contributed by atoms with Crippen molar-refractivity contribution in [2.75, 3.05) is 6.54 Å². The summed E-state index contributed by atoms with van der Waals surface area (Å²) in [5.74, 6) is 1.77. The third-order valence-electron chi connectivity index (χ3n) is 5.72. The number of rotatable bonds is 4. The molecule has 0 N–H and O–H groups in total. The van der Waals surface area contributed by atoms with E-state index in [4.69, 9.17) is 4.52 Å². The van der Waals surface area contributed by atoms with Crippen LogP contribution >= 0.6 is 0 Å². The van der Waals surface area contributed by atoms with E-state index >= 15 is 0 Å². The first kappa shape index (κ1) is 16.4. The molecule has 1 amide bonds. The average molecular weight is 342 g/mol. The summed E-state index contributed by atoms with van der Waals surface area (Å²) in [4.78, 5) is 19.6. The first-order valence-electron chi connectivity index (χ1n) is 9.51. The Morgan fingerprint density at radius 2 is 1.96 bits per heavy atom. The highest BCUT2D eigenvalue weighted by atomic mass is 16.5. The number of amides is 1. The van der Waals surface area contributed by atoms with Crippen LogP contribution in [-0.4, -0.2) is 32.1 Å². The molecule has 6 nitrogen and oxygen atoms in total. The molecule has 2 aromatic rings. The van der Waals surface area contributed by atoms with Gasteiger partial charge in [-0.15, -0.1) is 0 Å². The third-order valence-corrected chi connectivity index (χ3v) is 5.72. The van der Waals surface area contributed by atoms with E-state index in [1.165, 1.54) is 0 Å². The van der Waals surface area contributed by atoms with Crippen LogP contribution in [0.3, 0.4) is 0 Å². The van der Waals surface area contributed by atoms with Gasteiger partial charge in [-0.3, -0.25) is 4.79 Å². The van der Waals surface area contributed by atoms with E-state index in [-0.39, 0.29) is 17.9 Å². The molecule has 2 fully saturated rings. The number of hydrogen-bond acceptors (Lipinski definition) is 4. The highest BCUT2D eigenvalue weighted by molar-refractivity contribution is 5.79. The Kier molecular flexibility index (Phi) is 4.59. The maximum absolute atomic E-state index is 13.1. The van der Waals surface area contributed by atoms with E-state index in [1.807, 2.05) is 11.8 Å². The number of aryl methyl sites for hydroxylation is 1. The Morgan fingerprint density at radius 1 is 1.20 bits per heavy atom. The molecule has 1 unspecified atom stereocenters. The Hall–Kier alpha value is -2.11. The lowest BCUT2D eigenvalue weighted by Gasteiger charge is -2.32. The van der Waals surface area contributed by atoms with E-state index in [9.17, 15) is 4.79 Å². The molecule has 1 aliphatic carbocycles.